The van der Waals surface area contributed by atoms with Gasteiger partial charge < -0.3 is 10.6 Å². The highest BCUT2D eigenvalue weighted by Gasteiger charge is 2.47. The number of nitrogens with zero attached hydrogens (tertiary/aromatic N) is 1. The molecule has 2 rings (SSSR count). The van der Waals surface area contributed by atoms with Gasteiger partial charge in [0.05, 0.1) is 17.7 Å². The molecule has 10 heteroatoms. The first kappa shape index (κ1) is 25.0. The Morgan fingerprint density at radius 1 is 0.906 bits per heavy atom. The molecular weight excluding hydrogens is 418 g/mol. The summed E-state index contributed by atoms with van der Waals surface area (Å²) >= 11 is 0. The summed E-state index contributed by atoms with van der Waals surface area (Å²) in [6.07, 6.45) is 0. The van der Waals surface area contributed by atoms with E-state index < -0.39 is 52.8 Å². The molecule has 0 aromatic heterocycles. The number of fused-ring (bicyclic) bond motifs is 1. The molecule has 0 aliphatic carbocycles. The highest BCUT2D eigenvalue weighted by Crippen LogP contribution is 2.29. The molecular formula is C22H29N3O7. The van der Waals surface area contributed by atoms with Gasteiger partial charge in [-0.3, -0.25) is 29.0 Å². The number of hydrogen-bond donors (Lipinski definition) is 2. The molecule has 1 aliphatic heterocycles. The van der Waals surface area contributed by atoms with Crippen LogP contribution in [0.15, 0.2) is 24.3 Å². The van der Waals surface area contributed by atoms with Gasteiger partial charge in [0, 0.05) is 0 Å². The van der Waals surface area contributed by atoms with Crippen molar-refractivity contribution in [3.8, 4) is 0 Å². The van der Waals surface area contributed by atoms with Crippen LogP contribution in [0.3, 0.4) is 0 Å². The average molecular weight is 447 g/mol. The quantitative estimate of drug-likeness (QED) is 0.366. The van der Waals surface area contributed by atoms with Crippen molar-refractivity contribution in [2.24, 2.45) is 0 Å². The van der Waals surface area contributed by atoms with Crippen molar-refractivity contribution in [3.63, 3.8) is 0 Å². The molecule has 4 amide bonds. The van der Waals surface area contributed by atoms with Crippen molar-refractivity contribution < 1.29 is 33.7 Å². The lowest BCUT2D eigenvalue weighted by Gasteiger charge is -2.32. The number of carbonyl (C=O) groups excluding carboxylic acids is 5. The van der Waals surface area contributed by atoms with Crippen LogP contribution in [0.1, 0.15) is 69.2 Å². The monoisotopic (exact) mass is 447 g/mol. The minimum Gasteiger partial charge on any atom is -0.345 e. The second-order valence-electron chi connectivity index (χ2n) is 9.47. The maximum atomic E-state index is 12.8. The van der Waals surface area contributed by atoms with Crippen molar-refractivity contribution in [1.29, 1.82) is 0 Å². The smallest absolute Gasteiger partial charge is 0.345 e. The normalized spacial score (nSPS) is 14.2. The molecule has 0 saturated heterocycles. The van der Waals surface area contributed by atoms with E-state index in [1.807, 2.05) is 0 Å². The molecule has 0 fully saturated rings. The van der Waals surface area contributed by atoms with Gasteiger partial charge in [0.25, 0.3) is 11.8 Å². The fraction of sp³-hybridized carbons (Fsp3) is 0.500. The van der Waals surface area contributed by atoms with Gasteiger partial charge in [0.15, 0.2) is 0 Å². The van der Waals surface area contributed by atoms with E-state index in [-0.39, 0.29) is 11.1 Å². The van der Waals surface area contributed by atoms with Crippen LogP contribution >= 0.6 is 0 Å². The fourth-order valence-corrected chi connectivity index (χ4v) is 2.89. The highest BCUT2D eigenvalue weighted by atomic mass is 17.2. The lowest BCUT2D eigenvalue weighted by molar-refractivity contribution is -0.323. The van der Waals surface area contributed by atoms with Gasteiger partial charge in [0.1, 0.15) is 16.7 Å². The number of nitrogens with one attached hydrogen (secondary N) is 2. The second-order valence-corrected chi connectivity index (χ2v) is 9.47. The second kappa shape index (κ2) is 8.70. The van der Waals surface area contributed by atoms with Crippen LogP contribution < -0.4 is 10.6 Å². The van der Waals surface area contributed by atoms with Crippen LogP contribution in [0.25, 0.3) is 0 Å². The third kappa shape index (κ3) is 5.31. The molecule has 174 valence electrons. The minimum atomic E-state index is -1.55. The molecule has 32 heavy (non-hydrogen) atoms. The molecule has 0 radical (unpaired) electrons. The number of rotatable bonds is 7. The van der Waals surface area contributed by atoms with Crippen LogP contribution in [0.4, 0.5) is 0 Å². The zero-order chi connectivity index (χ0) is 24.5. The topological polar surface area (TPSA) is 131 Å². The minimum absolute atomic E-state index is 0.217. The van der Waals surface area contributed by atoms with Crippen molar-refractivity contribution in [1.82, 2.24) is 15.5 Å². The van der Waals surface area contributed by atoms with Crippen molar-refractivity contribution in [2.45, 2.75) is 65.1 Å². The summed E-state index contributed by atoms with van der Waals surface area (Å²) in [6, 6.07) is 6.29. The Labute approximate surface area is 186 Å². The Bertz CT molecular complexity index is 926. The first-order valence-corrected chi connectivity index (χ1v) is 10.1. The van der Waals surface area contributed by atoms with Gasteiger partial charge in [-0.2, -0.15) is 4.89 Å². The Kier molecular flexibility index (Phi) is 6.79. The van der Waals surface area contributed by atoms with E-state index in [1.165, 1.54) is 39.8 Å². The number of amides is 4. The molecule has 0 bridgehead atoms. The van der Waals surface area contributed by atoms with Crippen LogP contribution in [-0.2, 0) is 24.2 Å². The van der Waals surface area contributed by atoms with Gasteiger partial charge in [0.2, 0.25) is 11.8 Å². The van der Waals surface area contributed by atoms with E-state index in [2.05, 4.69) is 10.6 Å². The first-order valence-electron chi connectivity index (χ1n) is 10.1. The summed E-state index contributed by atoms with van der Waals surface area (Å²) in [4.78, 5) is 73.2. The summed E-state index contributed by atoms with van der Waals surface area (Å²) in [5.74, 6) is -3.37. The number of hydrogen-bond acceptors (Lipinski definition) is 7. The lowest BCUT2D eigenvalue weighted by atomic mass is 10.0. The predicted molar refractivity (Wildman–Crippen MR) is 113 cm³/mol. The van der Waals surface area contributed by atoms with Crippen molar-refractivity contribution in [3.05, 3.63) is 35.4 Å². The molecule has 2 N–H and O–H groups in total. The third-order valence-electron chi connectivity index (χ3n) is 4.65. The molecule has 1 aromatic rings. The lowest BCUT2D eigenvalue weighted by Crippen LogP contribution is -2.59. The van der Waals surface area contributed by atoms with Crippen LogP contribution in [0.5, 0.6) is 0 Å². The van der Waals surface area contributed by atoms with Crippen LogP contribution in [0, 0.1) is 0 Å². The Hall–Kier alpha value is -3.27. The maximum absolute atomic E-state index is 12.8. The molecule has 10 nitrogen and oxygen atoms in total. The van der Waals surface area contributed by atoms with E-state index in [4.69, 9.17) is 9.78 Å². The fourth-order valence-electron chi connectivity index (χ4n) is 2.89. The largest absolute Gasteiger partial charge is 0.366 e. The number of carbonyl (C=O) groups is 5. The van der Waals surface area contributed by atoms with E-state index in [9.17, 15) is 24.0 Å². The molecule has 0 unspecified atom stereocenters. The Balaban J connectivity index is 1.98. The van der Waals surface area contributed by atoms with Crippen molar-refractivity contribution in [2.75, 3.05) is 6.54 Å². The average Bonchev–Trinajstić information content (AvgIpc) is 2.94. The number of imide groups is 1. The molecule has 1 heterocycles. The maximum Gasteiger partial charge on any atom is 0.366 e. The third-order valence-corrected chi connectivity index (χ3v) is 4.65. The van der Waals surface area contributed by atoms with Gasteiger partial charge in [-0.05, 0) is 60.6 Å². The summed E-state index contributed by atoms with van der Waals surface area (Å²) < 4.78 is 0. The first-order chi connectivity index (χ1) is 14.6. The Morgan fingerprint density at radius 2 is 1.41 bits per heavy atom. The van der Waals surface area contributed by atoms with Crippen LogP contribution in [0.2, 0.25) is 0 Å². The highest BCUT2D eigenvalue weighted by molar-refractivity contribution is 6.23. The molecule has 0 atom stereocenters. The zero-order valence-corrected chi connectivity index (χ0v) is 19.3. The summed E-state index contributed by atoms with van der Waals surface area (Å²) in [5, 5.41) is 4.85. The van der Waals surface area contributed by atoms with E-state index >= 15 is 0 Å². The van der Waals surface area contributed by atoms with Crippen LogP contribution in [-0.4, -0.2) is 57.7 Å². The Morgan fingerprint density at radius 3 is 1.88 bits per heavy atom. The predicted octanol–water partition coefficient (Wildman–Crippen LogP) is 1.35. The summed E-state index contributed by atoms with van der Waals surface area (Å²) in [5.41, 5.74) is -3.27. The van der Waals surface area contributed by atoms with E-state index in [1.54, 1.807) is 32.9 Å². The zero-order valence-electron chi connectivity index (χ0n) is 19.3. The van der Waals surface area contributed by atoms with Gasteiger partial charge in [-0.1, -0.05) is 12.1 Å². The molecule has 1 aromatic carbocycles. The molecule has 1 aliphatic rings. The van der Waals surface area contributed by atoms with E-state index in [0.717, 1.165) is 4.90 Å². The summed E-state index contributed by atoms with van der Waals surface area (Å²) in [6.45, 7) is 10.3. The standard InChI is InChI=1S/C22H29N3O7/c1-20(2,3)32-31-19(30)21(4,5)24-15(26)12-23-18(29)22(6,7)25-16(27)13-10-8-9-11-14(13)17(25)28/h8-11H,12H2,1-7H3,(H,23,29)(H,24,26). The van der Waals surface area contributed by atoms with Gasteiger partial charge in [-0.25, -0.2) is 4.79 Å². The van der Waals surface area contributed by atoms with Gasteiger partial charge >= 0.3 is 5.97 Å². The molecule has 0 spiro atoms. The summed E-state index contributed by atoms with van der Waals surface area (Å²) in [7, 11) is 0. The SMILES string of the molecule is CC(C)(C)OOC(=O)C(C)(C)NC(=O)CNC(=O)C(C)(C)N1C(=O)c2ccccc2C1=O. The van der Waals surface area contributed by atoms with E-state index in [0.29, 0.717) is 0 Å². The van der Waals surface area contributed by atoms with Crippen molar-refractivity contribution >= 4 is 29.6 Å². The number of benzene rings is 1. The van der Waals surface area contributed by atoms with Gasteiger partial charge in [-0.15, -0.1) is 0 Å². The molecule has 0 saturated carbocycles.